The van der Waals surface area contributed by atoms with Crippen LogP contribution in [0.3, 0.4) is 0 Å². The van der Waals surface area contributed by atoms with E-state index >= 15 is 0 Å². The van der Waals surface area contributed by atoms with Gasteiger partial charge in [-0.2, -0.15) is 0 Å². The van der Waals surface area contributed by atoms with Gasteiger partial charge < -0.3 is 66.3 Å². The summed E-state index contributed by atoms with van der Waals surface area (Å²) in [5.41, 5.74) is 0.700. The zero-order valence-electron chi connectivity index (χ0n) is 41.6. The molecule has 6 aromatic rings. The maximum absolute atomic E-state index is 13.6. The van der Waals surface area contributed by atoms with Crippen molar-refractivity contribution in [3.8, 4) is 46.0 Å². The van der Waals surface area contributed by atoms with Crippen molar-refractivity contribution in [2.24, 2.45) is 0 Å². The third kappa shape index (κ3) is 9.06. The molecule has 4 aliphatic heterocycles. The summed E-state index contributed by atoms with van der Waals surface area (Å²) in [6.07, 6.45) is -2.33. The topological polar surface area (TPSA) is 197 Å². The molecule has 0 N–H and O–H groups in total. The van der Waals surface area contributed by atoms with Gasteiger partial charge in [-0.05, 0) is 61.4 Å². The lowest BCUT2D eigenvalue weighted by molar-refractivity contribution is -0.216. The summed E-state index contributed by atoms with van der Waals surface area (Å²) >= 11 is 0. The van der Waals surface area contributed by atoms with Crippen LogP contribution >= 0.6 is 0 Å². The summed E-state index contributed by atoms with van der Waals surface area (Å²) in [6, 6.07) is 35.3. The summed E-state index contributed by atoms with van der Waals surface area (Å²) < 4.78 is 79.2. The minimum absolute atomic E-state index is 0.0302. The molecular weight excluding hydrogens is 961 g/mol. The van der Waals surface area contributed by atoms with Crippen molar-refractivity contribution in [1.82, 2.24) is 0 Å². The van der Waals surface area contributed by atoms with E-state index in [-0.39, 0.29) is 13.6 Å². The van der Waals surface area contributed by atoms with Crippen molar-refractivity contribution >= 4 is 23.9 Å². The molecule has 0 amide bonds. The number of fused-ring (bicyclic) bond motifs is 4. The average molecular weight is 1010 g/mol. The summed E-state index contributed by atoms with van der Waals surface area (Å²) in [5, 5.41) is 0. The van der Waals surface area contributed by atoms with E-state index in [9.17, 15) is 19.2 Å². The molecule has 74 heavy (non-hydrogen) atoms. The Bertz CT molecular complexity index is 2800. The molecule has 0 saturated carbocycles. The average Bonchev–Trinajstić information content (AvgIpc) is 4.05. The van der Waals surface area contributed by atoms with Crippen LogP contribution in [0.2, 0.25) is 0 Å². The number of methoxy groups -OCH3 is 6. The lowest BCUT2D eigenvalue weighted by Gasteiger charge is -2.35. The molecule has 0 spiro atoms. The van der Waals surface area contributed by atoms with Crippen molar-refractivity contribution in [2.75, 3.05) is 56.2 Å². The Morgan fingerprint density at radius 3 is 1.00 bits per heavy atom. The van der Waals surface area contributed by atoms with Crippen LogP contribution in [0.5, 0.6) is 46.0 Å². The summed E-state index contributed by atoms with van der Waals surface area (Å²) in [6.45, 7) is 3.95. The van der Waals surface area contributed by atoms with Gasteiger partial charge in [-0.1, -0.05) is 83.9 Å². The van der Waals surface area contributed by atoms with Gasteiger partial charge in [0.15, 0.2) is 23.0 Å². The lowest BCUT2D eigenvalue weighted by atomic mass is 9.76. The predicted octanol–water partition coefficient (Wildman–Crippen LogP) is 8.11. The van der Waals surface area contributed by atoms with Crippen LogP contribution in [0, 0.1) is 13.8 Å². The normalized spacial score (nSPS) is 19.1. The Morgan fingerprint density at radius 1 is 0.405 bits per heavy atom. The molecule has 0 aliphatic carbocycles. The van der Waals surface area contributed by atoms with Crippen LogP contribution in [-0.4, -0.2) is 91.3 Å². The second kappa shape index (κ2) is 20.9. The fourth-order valence-corrected chi connectivity index (χ4v) is 9.30. The van der Waals surface area contributed by atoms with E-state index in [1.807, 2.05) is 38.1 Å². The van der Waals surface area contributed by atoms with Gasteiger partial charge in [-0.3, -0.25) is 0 Å². The first-order valence-electron chi connectivity index (χ1n) is 23.1. The first kappa shape index (κ1) is 50.5. The van der Waals surface area contributed by atoms with Gasteiger partial charge in [0.25, 0.3) is 11.2 Å². The Labute approximate surface area is 425 Å². The van der Waals surface area contributed by atoms with Gasteiger partial charge >= 0.3 is 23.9 Å². The quantitative estimate of drug-likeness (QED) is 0.0724. The Morgan fingerprint density at radius 2 is 0.703 bits per heavy atom. The van der Waals surface area contributed by atoms with Crippen molar-refractivity contribution in [3.05, 3.63) is 166 Å². The Hall–Kier alpha value is -8.48. The molecule has 6 aromatic carbocycles. The molecule has 0 unspecified atom stereocenters. The zero-order chi connectivity index (χ0) is 52.3. The third-order valence-electron chi connectivity index (χ3n) is 13.1. The largest absolute Gasteiger partial charge is 0.497 e. The molecule has 4 aliphatic rings. The lowest BCUT2D eigenvalue weighted by Crippen LogP contribution is -2.55. The van der Waals surface area contributed by atoms with Gasteiger partial charge in [0, 0.05) is 34.4 Å². The number of ether oxygens (including phenoxy) is 14. The molecule has 0 aromatic heterocycles. The predicted molar refractivity (Wildman–Crippen MR) is 260 cm³/mol. The molecule has 0 saturated heterocycles. The number of hydrogen-bond acceptors (Lipinski definition) is 18. The fourth-order valence-electron chi connectivity index (χ4n) is 9.30. The molecule has 0 fully saturated rings. The number of benzene rings is 6. The maximum Gasteiger partial charge on any atom is 0.351 e. The monoisotopic (exact) mass is 1010 g/mol. The van der Waals surface area contributed by atoms with Gasteiger partial charge in [-0.25, -0.2) is 19.2 Å². The standard InChI is InChI=1S/2C28H26O9/c2*1-16-5-7-18(8-6-16)25-36-21-14-23-22(34-15-35-23)13-20(21)24(17-9-11-19(31-2)12-10-17)28(37-25,26(29)32-3)27(30)33-4/h2*5-14,24-25H,15H2,1-4H3/t2*24-,25-/m00/s1. The first-order chi connectivity index (χ1) is 35.8. The van der Waals surface area contributed by atoms with E-state index in [0.29, 0.717) is 79.4 Å². The van der Waals surface area contributed by atoms with E-state index in [0.717, 1.165) is 11.1 Å². The first-order valence-corrected chi connectivity index (χ1v) is 23.1. The zero-order valence-corrected chi connectivity index (χ0v) is 41.6. The van der Waals surface area contributed by atoms with Gasteiger partial charge in [-0.15, -0.1) is 0 Å². The number of carbonyl (C=O) groups excluding carboxylic acids is 4. The number of rotatable bonds is 10. The molecule has 10 rings (SSSR count). The van der Waals surface area contributed by atoms with Gasteiger partial charge in [0.2, 0.25) is 26.2 Å². The minimum atomic E-state index is -2.27. The van der Waals surface area contributed by atoms with Crippen molar-refractivity contribution in [3.63, 3.8) is 0 Å². The molecule has 4 atom stereocenters. The van der Waals surface area contributed by atoms with Crippen LogP contribution in [-0.2, 0) is 47.6 Å². The highest BCUT2D eigenvalue weighted by Crippen LogP contribution is 2.54. The molecule has 18 heteroatoms. The molecular formula is C56H52O18. The van der Waals surface area contributed by atoms with E-state index in [1.54, 1.807) is 111 Å². The second-order valence-electron chi connectivity index (χ2n) is 17.3. The molecule has 4 heterocycles. The van der Waals surface area contributed by atoms with Crippen molar-refractivity contribution in [2.45, 2.75) is 49.5 Å². The molecule has 0 radical (unpaired) electrons. The number of hydrogen-bond donors (Lipinski definition) is 0. The molecule has 0 bridgehead atoms. The van der Waals surface area contributed by atoms with Crippen LogP contribution < -0.4 is 37.9 Å². The van der Waals surface area contributed by atoms with Crippen LogP contribution in [0.15, 0.2) is 121 Å². The number of aryl methyl sites for hydroxylation is 2. The third-order valence-corrected chi connectivity index (χ3v) is 13.1. The van der Waals surface area contributed by atoms with Crippen molar-refractivity contribution in [1.29, 1.82) is 0 Å². The summed E-state index contributed by atoms with van der Waals surface area (Å²) in [5.74, 6) is -2.12. The van der Waals surface area contributed by atoms with Crippen LogP contribution in [0.1, 0.15) is 68.9 Å². The van der Waals surface area contributed by atoms with Crippen molar-refractivity contribution < 1.29 is 85.5 Å². The number of carbonyl (C=O) groups is 4. The second-order valence-corrected chi connectivity index (χ2v) is 17.3. The van der Waals surface area contributed by atoms with Gasteiger partial charge in [0.1, 0.15) is 23.0 Å². The molecule has 384 valence electrons. The summed E-state index contributed by atoms with van der Waals surface area (Å²) in [4.78, 5) is 54.6. The fraction of sp³-hybridized carbons (Fsp3) is 0.286. The van der Waals surface area contributed by atoms with Crippen LogP contribution in [0.25, 0.3) is 0 Å². The molecule has 18 nitrogen and oxygen atoms in total. The van der Waals surface area contributed by atoms with E-state index in [1.165, 1.54) is 28.4 Å². The maximum atomic E-state index is 13.6. The van der Waals surface area contributed by atoms with Crippen LogP contribution in [0.4, 0.5) is 0 Å². The highest BCUT2D eigenvalue weighted by Gasteiger charge is 2.63. The smallest absolute Gasteiger partial charge is 0.351 e. The van der Waals surface area contributed by atoms with E-state index in [2.05, 4.69) is 0 Å². The number of esters is 4. The highest BCUT2D eigenvalue weighted by molar-refractivity contribution is 6.06. The minimum Gasteiger partial charge on any atom is -0.497 e. The van der Waals surface area contributed by atoms with E-state index in [4.69, 9.17) is 66.3 Å². The highest BCUT2D eigenvalue weighted by atomic mass is 16.7. The SMILES string of the molecule is COC(=O)C1(C(=O)OC)O[C@@H](c2ccc(C)cc2)Oc2cc3c(cc2[C@@H]1c1ccc(OC)cc1)OCO3.COC(=O)C1(C(=O)OC)O[C@@H](c2ccc(C)cc2)Oc2cc3c(cc2[C@@H]1c1ccc(OC)cc1)OCO3. The van der Waals surface area contributed by atoms with Gasteiger partial charge in [0.05, 0.1) is 54.5 Å². The Balaban J connectivity index is 0.000000182. The van der Waals surface area contributed by atoms with E-state index < -0.39 is 59.5 Å². The Kier molecular flexibility index (Phi) is 14.3. The summed E-state index contributed by atoms with van der Waals surface area (Å²) in [7, 11) is 7.85.